The molecule has 0 atom stereocenters. The topological polar surface area (TPSA) is 41.1 Å². The molecule has 0 aliphatic carbocycles. The summed E-state index contributed by atoms with van der Waals surface area (Å²) < 4.78 is 39.2. The molecule has 20 heavy (non-hydrogen) atoms. The van der Waals surface area contributed by atoms with Crippen LogP contribution in [-0.4, -0.2) is 19.5 Å². The number of amides is 1. The zero-order valence-corrected chi connectivity index (χ0v) is 12.9. The molecular weight excluding hydrogens is 337 g/mol. The van der Waals surface area contributed by atoms with Crippen molar-refractivity contribution in [2.24, 2.45) is 5.41 Å². The Balaban J connectivity index is 2.98. The van der Waals surface area contributed by atoms with Crippen molar-refractivity contribution in [1.82, 2.24) is 5.32 Å². The van der Waals surface area contributed by atoms with Crippen LogP contribution in [0.1, 0.15) is 19.4 Å². The number of hydrogen-bond donors (Lipinski definition) is 2. The van der Waals surface area contributed by atoms with E-state index in [0.717, 1.165) is 6.07 Å². The Morgan fingerprint density at radius 2 is 1.90 bits per heavy atom. The lowest BCUT2D eigenvalue weighted by Crippen LogP contribution is -2.39. The van der Waals surface area contributed by atoms with Gasteiger partial charge in [-0.05, 0) is 32.0 Å². The van der Waals surface area contributed by atoms with E-state index in [1.165, 1.54) is 19.2 Å². The fourth-order valence-electron chi connectivity index (χ4n) is 1.64. The van der Waals surface area contributed by atoms with Gasteiger partial charge in [0.2, 0.25) is 5.91 Å². The summed E-state index contributed by atoms with van der Waals surface area (Å²) >= 11 is 3.14. The van der Waals surface area contributed by atoms with Crippen molar-refractivity contribution < 1.29 is 18.0 Å². The summed E-state index contributed by atoms with van der Waals surface area (Å²) in [4.78, 5) is 11.6. The molecular formula is C13H16BrF3N2O. The van der Waals surface area contributed by atoms with Crippen LogP contribution in [-0.2, 0) is 11.0 Å². The summed E-state index contributed by atoms with van der Waals surface area (Å²) in [6.07, 6.45) is -4.44. The highest BCUT2D eigenvalue weighted by Crippen LogP contribution is 2.36. The summed E-state index contributed by atoms with van der Waals surface area (Å²) in [7, 11) is 1.49. The van der Waals surface area contributed by atoms with Crippen LogP contribution in [0.25, 0.3) is 0 Å². The summed E-state index contributed by atoms with van der Waals surface area (Å²) in [5.41, 5.74) is -1.63. The smallest absolute Gasteiger partial charge is 0.383 e. The Morgan fingerprint density at radius 1 is 1.30 bits per heavy atom. The largest absolute Gasteiger partial charge is 0.418 e. The summed E-state index contributed by atoms with van der Waals surface area (Å²) in [6.45, 7) is 3.40. The number of alkyl halides is 3. The highest BCUT2D eigenvalue weighted by atomic mass is 79.9. The van der Waals surface area contributed by atoms with E-state index >= 15 is 0 Å². The molecule has 1 amide bonds. The minimum Gasteiger partial charge on any atom is -0.383 e. The van der Waals surface area contributed by atoms with Gasteiger partial charge in [0.15, 0.2) is 0 Å². The number of benzene rings is 1. The fourth-order valence-corrected chi connectivity index (χ4v) is 2.01. The molecule has 0 unspecified atom stereocenters. The maximum atomic E-state index is 12.9. The minimum absolute atomic E-state index is 0.0520. The lowest BCUT2D eigenvalue weighted by atomic mass is 9.92. The van der Waals surface area contributed by atoms with Gasteiger partial charge in [0, 0.05) is 23.8 Å². The first-order chi connectivity index (χ1) is 9.08. The lowest BCUT2D eigenvalue weighted by Gasteiger charge is -2.24. The number of nitrogens with one attached hydrogen (secondary N) is 2. The SMILES string of the molecule is CNC(=O)C(C)(C)CNc1cc(Br)ccc1C(F)(F)F. The van der Waals surface area contributed by atoms with E-state index in [-0.39, 0.29) is 18.1 Å². The third-order valence-corrected chi connectivity index (χ3v) is 3.34. The number of carbonyl (C=O) groups is 1. The van der Waals surface area contributed by atoms with E-state index in [4.69, 9.17) is 0 Å². The second-order valence-corrected chi connectivity index (χ2v) is 5.92. The summed E-state index contributed by atoms with van der Waals surface area (Å²) in [5.74, 6) is -0.242. The predicted molar refractivity (Wildman–Crippen MR) is 75.5 cm³/mol. The van der Waals surface area contributed by atoms with Gasteiger partial charge in [-0.2, -0.15) is 13.2 Å². The molecule has 0 aliphatic rings. The second kappa shape index (κ2) is 6.03. The van der Waals surface area contributed by atoms with Crippen LogP contribution >= 0.6 is 15.9 Å². The van der Waals surface area contributed by atoms with Crippen LogP contribution < -0.4 is 10.6 Å². The monoisotopic (exact) mass is 352 g/mol. The fraction of sp³-hybridized carbons (Fsp3) is 0.462. The number of rotatable bonds is 4. The maximum absolute atomic E-state index is 12.9. The van der Waals surface area contributed by atoms with E-state index in [1.54, 1.807) is 13.8 Å². The van der Waals surface area contributed by atoms with Crippen LogP contribution in [0.3, 0.4) is 0 Å². The van der Waals surface area contributed by atoms with Gasteiger partial charge in [0.25, 0.3) is 0 Å². The van der Waals surface area contributed by atoms with Crippen molar-refractivity contribution in [3.63, 3.8) is 0 Å². The molecule has 3 nitrogen and oxygen atoms in total. The molecule has 0 aliphatic heterocycles. The highest BCUT2D eigenvalue weighted by molar-refractivity contribution is 9.10. The van der Waals surface area contributed by atoms with Gasteiger partial charge < -0.3 is 10.6 Å². The minimum atomic E-state index is -4.44. The van der Waals surface area contributed by atoms with Gasteiger partial charge in [0.1, 0.15) is 0 Å². The Hall–Kier alpha value is -1.24. The Bertz CT molecular complexity index is 501. The van der Waals surface area contributed by atoms with Gasteiger partial charge in [-0.3, -0.25) is 4.79 Å². The summed E-state index contributed by atoms with van der Waals surface area (Å²) in [6, 6.07) is 3.68. The molecule has 0 saturated carbocycles. The van der Waals surface area contributed by atoms with Crippen molar-refractivity contribution >= 4 is 27.5 Å². The van der Waals surface area contributed by atoms with Crippen molar-refractivity contribution in [3.8, 4) is 0 Å². The molecule has 1 aromatic carbocycles. The normalized spacial score (nSPS) is 12.2. The van der Waals surface area contributed by atoms with Gasteiger partial charge in [-0.15, -0.1) is 0 Å². The van der Waals surface area contributed by atoms with E-state index < -0.39 is 17.2 Å². The molecule has 0 saturated heterocycles. The number of hydrogen-bond acceptors (Lipinski definition) is 2. The molecule has 0 radical (unpaired) electrons. The average Bonchev–Trinajstić information content (AvgIpc) is 2.34. The van der Waals surface area contributed by atoms with E-state index in [1.807, 2.05) is 0 Å². The van der Waals surface area contributed by atoms with Gasteiger partial charge in [0.05, 0.1) is 11.0 Å². The van der Waals surface area contributed by atoms with Crippen molar-refractivity contribution in [2.45, 2.75) is 20.0 Å². The first kappa shape index (κ1) is 16.8. The number of carbonyl (C=O) groups excluding carboxylic acids is 1. The quantitative estimate of drug-likeness (QED) is 0.868. The van der Waals surface area contributed by atoms with E-state index in [2.05, 4.69) is 26.6 Å². The Morgan fingerprint density at radius 3 is 2.40 bits per heavy atom. The van der Waals surface area contributed by atoms with E-state index in [9.17, 15) is 18.0 Å². The average molecular weight is 353 g/mol. The first-order valence-electron chi connectivity index (χ1n) is 5.91. The Labute approximate surface area is 124 Å². The first-order valence-corrected chi connectivity index (χ1v) is 6.70. The molecule has 112 valence electrons. The van der Waals surface area contributed by atoms with Crippen molar-refractivity contribution in [1.29, 1.82) is 0 Å². The zero-order chi connectivity index (χ0) is 15.6. The van der Waals surface area contributed by atoms with Crippen LogP contribution in [0.4, 0.5) is 18.9 Å². The Kier molecular flexibility index (Phi) is 5.07. The third-order valence-electron chi connectivity index (χ3n) is 2.85. The van der Waals surface area contributed by atoms with Crippen molar-refractivity contribution in [2.75, 3.05) is 18.9 Å². The molecule has 1 rings (SSSR count). The van der Waals surface area contributed by atoms with Crippen LogP contribution in [0.5, 0.6) is 0 Å². The van der Waals surface area contributed by atoms with Crippen molar-refractivity contribution in [3.05, 3.63) is 28.2 Å². The highest BCUT2D eigenvalue weighted by Gasteiger charge is 2.34. The van der Waals surface area contributed by atoms with E-state index in [0.29, 0.717) is 4.47 Å². The van der Waals surface area contributed by atoms with Crippen LogP contribution in [0.15, 0.2) is 22.7 Å². The number of anilines is 1. The number of halogens is 4. The molecule has 0 bridgehead atoms. The molecule has 0 spiro atoms. The molecule has 2 N–H and O–H groups in total. The van der Waals surface area contributed by atoms with Gasteiger partial charge in [-0.1, -0.05) is 15.9 Å². The van der Waals surface area contributed by atoms with Crippen LogP contribution in [0.2, 0.25) is 0 Å². The molecule has 0 aromatic heterocycles. The zero-order valence-electron chi connectivity index (χ0n) is 11.4. The molecule has 1 aromatic rings. The summed E-state index contributed by atoms with van der Waals surface area (Å²) in [5, 5.41) is 5.19. The second-order valence-electron chi connectivity index (χ2n) is 5.00. The maximum Gasteiger partial charge on any atom is 0.418 e. The molecule has 0 fully saturated rings. The predicted octanol–water partition coefficient (Wildman–Crippen LogP) is 3.65. The molecule has 7 heteroatoms. The van der Waals surface area contributed by atoms with Gasteiger partial charge >= 0.3 is 6.18 Å². The lowest BCUT2D eigenvalue weighted by molar-refractivity contribution is -0.137. The van der Waals surface area contributed by atoms with Gasteiger partial charge in [-0.25, -0.2) is 0 Å². The standard InChI is InChI=1S/C13H16BrF3N2O/c1-12(2,11(20)18-3)7-19-10-6-8(14)4-5-9(10)13(15,16)17/h4-6,19H,7H2,1-3H3,(H,18,20). The van der Waals surface area contributed by atoms with Crippen LogP contribution in [0, 0.1) is 5.41 Å². The third kappa shape index (κ3) is 4.13. The molecule has 0 heterocycles.